The van der Waals surface area contributed by atoms with E-state index in [1.165, 1.54) is 6.33 Å². The molecule has 6 nitrogen and oxygen atoms in total. The van der Waals surface area contributed by atoms with Gasteiger partial charge in [0.05, 0.1) is 6.10 Å². The molecule has 0 spiro atoms. The van der Waals surface area contributed by atoms with Crippen LogP contribution in [0.1, 0.15) is 32.8 Å². The Morgan fingerprint density at radius 3 is 2.61 bits per heavy atom. The Hall–Kier alpha value is -1.40. The molecule has 0 aromatic carbocycles. The second-order valence-electron chi connectivity index (χ2n) is 5.32. The Morgan fingerprint density at radius 2 is 2.11 bits per heavy atom. The minimum Gasteiger partial charge on any atom is -0.392 e. The average molecular weight is 251 g/mol. The van der Waals surface area contributed by atoms with Gasteiger partial charge in [0.25, 0.3) is 0 Å². The first-order valence-electron chi connectivity index (χ1n) is 6.25. The van der Waals surface area contributed by atoms with E-state index in [1.807, 2.05) is 20.8 Å². The summed E-state index contributed by atoms with van der Waals surface area (Å²) in [5.41, 5.74) is 3.42. The smallest absolute Gasteiger partial charge is 0.148 e. The van der Waals surface area contributed by atoms with E-state index in [2.05, 4.69) is 20.7 Å². The molecule has 1 heterocycles. The fourth-order valence-corrected chi connectivity index (χ4v) is 2.31. The Kier molecular flexibility index (Phi) is 3.41. The zero-order valence-electron chi connectivity index (χ0n) is 11.1. The average Bonchev–Trinajstić information content (AvgIpc) is 2.37. The maximum atomic E-state index is 9.75. The van der Waals surface area contributed by atoms with Crippen LogP contribution in [0.2, 0.25) is 0 Å². The van der Waals surface area contributed by atoms with Crippen molar-refractivity contribution in [1.82, 2.24) is 9.97 Å². The molecule has 1 aromatic rings. The van der Waals surface area contributed by atoms with Crippen molar-refractivity contribution in [2.45, 2.75) is 45.8 Å². The van der Waals surface area contributed by atoms with Crippen LogP contribution in [0.4, 0.5) is 11.6 Å². The lowest BCUT2D eigenvalue weighted by Crippen LogP contribution is -2.57. The van der Waals surface area contributed by atoms with Crippen LogP contribution in [-0.2, 0) is 6.42 Å². The maximum Gasteiger partial charge on any atom is 0.148 e. The lowest BCUT2D eigenvalue weighted by Gasteiger charge is -2.49. The van der Waals surface area contributed by atoms with E-state index >= 15 is 0 Å². The van der Waals surface area contributed by atoms with Gasteiger partial charge in [-0.2, -0.15) is 0 Å². The molecule has 100 valence electrons. The van der Waals surface area contributed by atoms with Gasteiger partial charge in [0, 0.05) is 17.0 Å². The van der Waals surface area contributed by atoms with Crippen LogP contribution >= 0.6 is 0 Å². The zero-order chi connectivity index (χ0) is 13.3. The molecule has 0 radical (unpaired) electrons. The molecular weight excluding hydrogens is 230 g/mol. The topological polar surface area (TPSA) is 96.1 Å². The van der Waals surface area contributed by atoms with Gasteiger partial charge in [-0.25, -0.2) is 15.8 Å². The summed E-state index contributed by atoms with van der Waals surface area (Å²) in [6.07, 6.45) is 2.76. The summed E-state index contributed by atoms with van der Waals surface area (Å²) in [4.78, 5) is 8.37. The minimum absolute atomic E-state index is 0.133. The number of hydrogen-bond acceptors (Lipinski definition) is 6. The van der Waals surface area contributed by atoms with Crippen LogP contribution in [0, 0.1) is 5.41 Å². The number of nitrogen functional groups attached to an aromatic ring is 1. The van der Waals surface area contributed by atoms with Gasteiger partial charge in [-0.15, -0.1) is 0 Å². The molecule has 5 N–H and O–H groups in total. The monoisotopic (exact) mass is 251 g/mol. The summed E-state index contributed by atoms with van der Waals surface area (Å²) in [5.74, 6) is 6.88. The summed E-state index contributed by atoms with van der Waals surface area (Å²) in [6.45, 7) is 6.13. The Labute approximate surface area is 107 Å². The summed E-state index contributed by atoms with van der Waals surface area (Å²) >= 11 is 0. The number of aliphatic hydroxyl groups is 1. The molecule has 2 rings (SSSR count). The van der Waals surface area contributed by atoms with E-state index in [4.69, 9.17) is 5.84 Å². The lowest BCUT2D eigenvalue weighted by atomic mass is 9.64. The van der Waals surface area contributed by atoms with E-state index in [0.717, 1.165) is 24.2 Å². The normalized spacial score (nSPS) is 25.4. The third-order valence-corrected chi connectivity index (χ3v) is 3.96. The first-order valence-corrected chi connectivity index (χ1v) is 6.25. The molecule has 2 unspecified atom stereocenters. The second-order valence-corrected chi connectivity index (χ2v) is 5.32. The molecule has 1 fully saturated rings. The van der Waals surface area contributed by atoms with Gasteiger partial charge in [0.2, 0.25) is 0 Å². The Balaban J connectivity index is 2.20. The second kappa shape index (κ2) is 4.70. The van der Waals surface area contributed by atoms with Gasteiger partial charge in [-0.1, -0.05) is 20.8 Å². The Morgan fingerprint density at radius 1 is 1.44 bits per heavy atom. The fraction of sp³-hybridized carbons (Fsp3) is 0.667. The number of aromatic nitrogens is 2. The van der Waals surface area contributed by atoms with E-state index in [1.54, 1.807) is 0 Å². The maximum absolute atomic E-state index is 9.75. The summed E-state index contributed by atoms with van der Waals surface area (Å²) < 4.78 is 0. The fourth-order valence-electron chi connectivity index (χ4n) is 2.31. The summed E-state index contributed by atoms with van der Waals surface area (Å²) in [7, 11) is 0. The molecule has 0 aliphatic heterocycles. The van der Waals surface area contributed by atoms with E-state index in [9.17, 15) is 5.11 Å². The SMILES string of the molecule is CCc1c(NN)ncnc1NC1CC(O)C1(C)C. The van der Waals surface area contributed by atoms with Gasteiger partial charge in [-0.05, 0) is 12.8 Å². The number of aliphatic hydroxyl groups excluding tert-OH is 1. The van der Waals surface area contributed by atoms with Crippen molar-refractivity contribution < 1.29 is 5.11 Å². The molecule has 18 heavy (non-hydrogen) atoms. The van der Waals surface area contributed by atoms with E-state index < -0.39 is 0 Å². The van der Waals surface area contributed by atoms with Gasteiger partial charge in [0.15, 0.2) is 0 Å². The zero-order valence-corrected chi connectivity index (χ0v) is 11.1. The van der Waals surface area contributed by atoms with Gasteiger partial charge in [-0.3, -0.25) is 0 Å². The van der Waals surface area contributed by atoms with Crippen molar-refractivity contribution in [3.63, 3.8) is 0 Å². The van der Waals surface area contributed by atoms with Crippen molar-refractivity contribution in [1.29, 1.82) is 0 Å². The molecule has 1 saturated carbocycles. The number of nitrogens with two attached hydrogens (primary N) is 1. The lowest BCUT2D eigenvalue weighted by molar-refractivity contribution is -0.0511. The third kappa shape index (κ3) is 2.02. The largest absolute Gasteiger partial charge is 0.392 e. The highest BCUT2D eigenvalue weighted by Gasteiger charge is 2.47. The molecule has 0 bridgehead atoms. The molecule has 2 atom stereocenters. The highest BCUT2D eigenvalue weighted by Crippen LogP contribution is 2.42. The van der Waals surface area contributed by atoms with Gasteiger partial charge < -0.3 is 15.8 Å². The number of nitrogens with zero attached hydrogens (tertiary/aromatic N) is 2. The van der Waals surface area contributed by atoms with Crippen molar-refractivity contribution in [3.05, 3.63) is 11.9 Å². The van der Waals surface area contributed by atoms with Crippen LogP contribution in [0.25, 0.3) is 0 Å². The van der Waals surface area contributed by atoms with Crippen LogP contribution < -0.4 is 16.6 Å². The predicted molar refractivity (Wildman–Crippen MR) is 71.0 cm³/mol. The van der Waals surface area contributed by atoms with Crippen molar-refractivity contribution in [3.8, 4) is 0 Å². The molecule has 0 amide bonds. The van der Waals surface area contributed by atoms with Gasteiger partial charge >= 0.3 is 0 Å². The molecule has 1 aliphatic rings. The first kappa shape index (κ1) is 13.0. The highest BCUT2D eigenvalue weighted by atomic mass is 16.3. The van der Waals surface area contributed by atoms with Crippen molar-refractivity contribution in [2.75, 3.05) is 10.7 Å². The number of hydrogen-bond donors (Lipinski definition) is 4. The molecule has 6 heteroatoms. The number of anilines is 2. The van der Waals surface area contributed by atoms with Crippen molar-refractivity contribution in [2.24, 2.45) is 11.3 Å². The van der Waals surface area contributed by atoms with Crippen LogP contribution in [0.15, 0.2) is 6.33 Å². The summed E-state index contributed by atoms with van der Waals surface area (Å²) in [5, 5.41) is 13.1. The van der Waals surface area contributed by atoms with Crippen LogP contribution in [0.3, 0.4) is 0 Å². The number of hydrazine groups is 1. The van der Waals surface area contributed by atoms with Gasteiger partial charge in [0.1, 0.15) is 18.0 Å². The molecule has 0 saturated heterocycles. The number of nitrogens with one attached hydrogen (secondary N) is 2. The standard InChI is InChI=1S/C12H21N5O/c1-4-7-10(14-6-15-11(7)17-13)16-8-5-9(18)12(8,2)3/h6,8-9,18H,4-5,13H2,1-3H3,(H2,14,15,16,17). The third-order valence-electron chi connectivity index (χ3n) is 3.96. The van der Waals surface area contributed by atoms with Crippen molar-refractivity contribution >= 4 is 11.6 Å². The molecule has 1 aliphatic carbocycles. The van der Waals surface area contributed by atoms with Crippen LogP contribution in [0.5, 0.6) is 0 Å². The van der Waals surface area contributed by atoms with E-state index in [0.29, 0.717) is 5.82 Å². The van der Waals surface area contributed by atoms with E-state index in [-0.39, 0.29) is 17.6 Å². The Bertz CT molecular complexity index is 434. The molecular formula is C12H21N5O. The quantitative estimate of drug-likeness (QED) is 0.469. The van der Waals surface area contributed by atoms with Crippen LogP contribution in [-0.4, -0.2) is 27.2 Å². The predicted octanol–water partition coefficient (Wildman–Crippen LogP) is 0.896. The number of rotatable bonds is 4. The summed E-state index contributed by atoms with van der Waals surface area (Å²) in [6, 6.07) is 0.221. The first-order chi connectivity index (χ1) is 8.50. The molecule has 1 aromatic heterocycles. The minimum atomic E-state index is -0.256. The highest BCUT2D eigenvalue weighted by molar-refractivity contribution is 5.57.